The van der Waals surface area contributed by atoms with Crippen molar-refractivity contribution in [1.29, 1.82) is 0 Å². The number of nitrogens with zero attached hydrogens (tertiary/aromatic N) is 1. The van der Waals surface area contributed by atoms with Crippen molar-refractivity contribution in [3.05, 3.63) is 77.1 Å². The number of oxazole rings is 1. The van der Waals surface area contributed by atoms with Crippen molar-refractivity contribution >= 4 is 93.1 Å². The predicted molar refractivity (Wildman–Crippen MR) is 130 cm³/mol. The second-order valence-corrected chi connectivity index (χ2v) is 9.68. The van der Waals surface area contributed by atoms with E-state index in [1.807, 2.05) is 30.3 Å². The van der Waals surface area contributed by atoms with Crippen LogP contribution in [0.5, 0.6) is 0 Å². The van der Waals surface area contributed by atoms with E-state index < -0.39 is 0 Å². The summed E-state index contributed by atoms with van der Waals surface area (Å²) in [4.78, 5) is 17.3. The minimum absolute atomic E-state index is 0.193. The number of halogens is 4. The van der Waals surface area contributed by atoms with Crippen LogP contribution in [0.25, 0.3) is 22.6 Å². The molecule has 0 bridgehead atoms. The third-order valence-electron chi connectivity index (χ3n) is 3.95. The van der Waals surface area contributed by atoms with Gasteiger partial charge in [-0.15, -0.1) is 0 Å². The van der Waals surface area contributed by atoms with E-state index in [4.69, 9.17) is 4.42 Å². The Morgan fingerprint density at radius 2 is 1.82 bits per heavy atom. The normalized spacial score (nSPS) is 11.0. The molecule has 0 spiro atoms. The van der Waals surface area contributed by atoms with Crippen LogP contribution in [-0.2, 0) is 0 Å². The number of nitrogens with one attached hydrogen (secondary N) is 1. The molecule has 4 rings (SSSR count). The number of carbonyl (C=O) groups is 1. The molecule has 4 nitrogen and oxygen atoms in total. The molecule has 0 aliphatic carbocycles. The van der Waals surface area contributed by atoms with Gasteiger partial charge in [0.25, 0.3) is 5.91 Å². The highest BCUT2D eigenvalue weighted by Gasteiger charge is 2.15. The summed E-state index contributed by atoms with van der Waals surface area (Å²) in [6, 6.07) is 16.9. The molecule has 0 atom stereocenters. The zero-order valence-corrected chi connectivity index (χ0v) is 20.9. The number of rotatable bonds is 3. The fraction of sp³-hybridized carbons (Fsp3) is 0. The van der Waals surface area contributed by atoms with Crippen molar-refractivity contribution in [2.75, 3.05) is 5.32 Å². The van der Waals surface area contributed by atoms with Crippen LogP contribution in [-0.4, -0.2) is 10.9 Å². The molecule has 0 saturated heterocycles. The average Bonchev–Trinajstić information content (AvgIpc) is 3.08. The van der Waals surface area contributed by atoms with Gasteiger partial charge in [0, 0.05) is 28.2 Å². The van der Waals surface area contributed by atoms with Gasteiger partial charge in [-0.2, -0.15) is 0 Å². The molecule has 0 unspecified atom stereocenters. The van der Waals surface area contributed by atoms with E-state index in [1.54, 1.807) is 24.3 Å². The zero-order valence-electron chi connectivity index (χ0n) is 14.0. The van der Waals surface area contributed by atoms with E-state index in [2.05, 4.69) is 80.7 Å². The maximum absolute atomic E-state index is 12.7. The molecule has 0 fully saturated rings. The highest BCUT2D eigenvalue weighted by atomic mass is 127. The van der Waals surface area contributed by atoms with Crippen LogP contribution in [0.15, 0.2) is 72.4 Å². The van der Waals surface area contributed by atoms with Crippen molar-refractivity contribution in [1.82, 2.24) is 4.98 Å². The van der Waals surface area contributed by atoms with E-state index in [9.17, 15) is 4.79 Å². The summed E-state index contributed by atoms with van der Waals surface area (Å²) < 4.78 is 9.33. The van der Waals surface area contributed by atoms with Gasteiger partial charge in [-0.1, -0.05) is 37.9 Å². The molecule has 1 N–H and O–H groups in total. The Morgan fingerprint density at radius 1 is 1.00 bits per heavy atom. The summed E-state index contributed by atoms with van der Waals surface area (Å²) >= 11 is 12.5. The van der Waals surface area contributed by atoms with Gasteiger partial charge in [0.05, 0.1) is 5.56 Å². The predicted octanol–water partition coefficient (Wildman–Crippen LogP) is 7.64. The molecule has 0 saturated carbocycles. The number of hydrogen-bond donors (Lipinski definition) is 1. The maximum atomic E-state index is 12.7. The number of anilines is 1. The number of amides is 1. The molecule has 3 aromatic carbocycles. The third kappa shape index (κ3) is 4.19. The number of aromatic nitrogens is 1. The second kappa shape index (κ2) is 8.25. The number of carbonyl (C=O) groups excluding carboxylic acids is 1. The first-order valence-corrected chi connectivity index (χ1v) is 11.5. The molecule has 1 aromatic heterocycles. The first-order chi connectivity index (χ1) is 13.4. The smallest absolute Gasteiger partial charge is 0.256 e. The average molecular weight is 677 g/mol. The van der Waals surface area contributed by atoms with E-state index in [0.29, 0.717) is 28.2 Å². The van der Waals surface area contributed by atoms with Crippen molar-refractivity contribution < 1.29 is 9.21 Å². The van der Waals surface area contributed by atoms with Crippen molar-refractivity contribution in [2.45, 2.75) is 0 Å². The Bertz CT molecular complexity index is 1220. The molecular weight excluding hydrogens is 667 g/mol. The van der Waals surface area contributed by atoms with Crippen LogP contribution in [0, 0.1) is 3.57 Å². The Morgan fingerprint density at radius 3 is 2.61 bits per heavy atom. The van der Waals surface area contributed by atoms with Crippen LogP contribution in [0.1, 0.15) is 10.4 Å². The quantitative estimate of drug-likeness (QED) is 0.179. The molecule has 8 heteroatoms. The number of fused-ring (bicyclic) bond motifs is 1. The van der Waals surface area contributed by atoms with Gasteiger partial charge in [-0.3, -0.25) is 4.79 Å². The second-order valence-electron chi connectivity index (χ2n) is 5.92. The van der Waals surface area contributed by atoms with Gasteiger partial charge in [-0.25, -0.2) is 4.98 Å². The van der Waals surface area contributed by atoms with Gasteiger partial charge in [0.15, 0.2) is 5.58 Å². The molecule has 140 valence electrons. The summed E-state index contributed by atoms with van der Waals surface area (Å²) in [5.41, 5.74) is 3.45. The van der Waals surface area contributed by atoms with Gasteiger partial charge in [0.1, 0.15) is 5.52 Å². The first kappa shape index (κ1) is 20.1. The lowest BCUT2D eigenvalue weighted by Gasteiger charge is -2.09. The summed E-state index contributed by atoms with van der Waals surface area (Å²) in [6.07, 6.45) is 0. The van der Waals surface area contributed by atoms with Gasteiger partial charge in [-0.05, 0) is 87.1 Å². The molecule has 1 amide bonds. The monoisotopic (exact) mass is 674 g/mol. The van der Waals surface area contributed by atoms with Crippen molar-refractivity contribution in [3.8, 4) is 11.5 Å². The Labute approximate surface area is 199 Å². The van der Waals surface area contributed by atoms with Crippen LogP contribution in [0.3, 0.4) is 0 Å². The lowest BCUT2D eigenvalue weighted by atomic mass is 10.2. The minimum atomic E-state index is -0.193. The largest absolute Gasteiger partial charge is 0.436 e. The van der Waals surface area contributed by atoms with Crippen molar-refractivity contribution in [2.24, 2.45) is 0 Å². The summed E-state index contributed by atoms with van der Waals surface area (Å²) in [7, 11) is 0. The van der Waals surface area contributed by atoms with Crippen LogP contribution >= 0.6 is 70.4 Å². The number of hydrogen-bond acceptors (Lipinski definition) is 3. The Kier molecular flexibility index (Phi) is 5.91. The molecule has 1 heterocycles. The number of benzene rings is 3. The maximum Gasteiger partial charge on any atom is 0.256 e. The standard InChI is InChI=1S/C20H10Br3IN2O2/c21-11-3-1-2-10(6-11)20-26-16-9-13(4-5-17(16)28-20)25-19(27)14-7-12(22)8-15(23)18(14)24/h1-9H,(H,25,27). The van der Waals surface area contributed by atoms with Crippen LogP contribution in [0.2, 0.25) is 0 Å². The fourth-order valence-electron chi connectivity index (χ4n) is 2.67. The Hall–Kier alpha value is -1.23. The molecule has 0 aliphatic rings. The van der Waals surface area contributed by atoms with Gasteiger partial charge in [0.2, 0.25) is 5.89 Å². The SMILES string of the molecule is O=C(Nc1ccc2oc(-c3cccc(Br)c3)nc2c1)c1cc(Br)cc(Br)c1I. The van der Waals surface area contributed by atoms with Crippen molar-refractivity contribution in [3.63, 3.8) is 0 Å². The Balaban J connectivity index is 1.64. The van der Waals surface area contributed by atoms with Gasteiger partial charge < -0.3 is 9.73 Å². The van der Waals surface area contributed by atoms with Gasteiger partial charge >= 0.3 is 0 Å². The van der Waals surface area contributed by atoms with E-state index in [0.717, 1.165) is 22.6 Å². The topological polar surface area (TPSA) is 55.1 Å². The summed E-state index contributed by atoms with van der Waals surface area (Å²) in [5.74, 6) is 0.340. The summed E-state index contributed by atoms with van der Waals surface area (Å²) in [5, 5.41) is 2.93. The van der Waals surface area contributed by atoms with E-state index >= 15 is 0 Å². The molecule has 0 aliphatic heterocycles. The van der Waals surface area contributed by atoms with Crippen LogP contribution < -0.4 is 5.32 Å². The zero-order chi connectivity index (χ0) is 19.8. The molecule has 4 aromatic rings. The lowest BCUT2D eigenvalue weighted by molar-refractivity contribution is 0.102. The molecular formula is C20H10Br3IN2O2. The highest BCUT2D eigenvalue weighted by molar-refractivity contribution is 14.1. The third-order valence-corrected chi connectivity index (χ3v) is 7.43. The fourth-order valence-corrected chi connectivity index (χ4v) is 4.85. The van der Waals surface area contributed by atoms with Crippen LogP contribution in [0.4, 0.5) is 5.69 Å². The summed E-state index contributed by atoms with van der Waals surface area (Å²) in [6.45, 7) is 0. The first-order valence-electron chi connectivity index (χ1n) is 8.03. The van der Waals surface area contributed by atoms with E-state index in [-0.39, 0.29) is 5.91 Å². The minimum Gasteiger partial charge on any atom is -0.436 e. The van der Waals surface area contributed by atoms with E-state index in [1.165, 1.54) is 0 Å². The highest BCUT2D eigenvalue weighted by Crippen LogP contribution is 2.30. The molecule has 28 heavy (non-hydrogen) atoms. The molecule has 0 radical (unpaired) electrons. The lowest BCUT2D eigenvalue weighted by Crippen LogP contribution is -2.13.